The van der Waals surface area contributed by atoms with Gasteiger partial charge in [0.15, 0.2) is 0 Å². The number of urea groups is 1. The number of carbonyl (C=O) groups is 2. The molecule has 7 heteroatoms. The van der Waals surface area contributed by atoms with Crippen LogP contribution in [0, 0.1) is 11.8 Å². The Bertz CT molecular complexity index is 564. The maximum absolute atomic E-state index is 12.2. The lowest BCUT2D eigenvalue weighted by atomic mass is 9.99. The van der Waals surface area contributed by atoms with Gasteiger partial charge in [0.2, 0.25) is 0 Å². The van der Waals surface area contributed by atoms with Crippen LogP contribution in [0.1, 0.15) is 6.92 Å². The van der Waals surface area contributed by atoms with Crippen molar-refractivity contribution in [2.24, 2.45) is 11.8 Å². The van der Waals surface area contributed by atoms with Gasteiger partial charge >= 0.3 is 12.0 Å². The van der Waals surface area contributed by atoms with E-state index in [4.69, 9.17) is 21.4 Å². The summed E-state index contributed by atoms with van der Waals surface area (Å²) in [5, 5.41) is 12.3. The number of nitrogens with one attached hydrogen (secondary N) is 1. The Morgan fingerprint density at radius 2 is 2.14 bits per heavy atom. The Labute approximate surface area is 127 Å². The van der Waals surface area contributed by atoms with Crippen molar-refractivity contribution in [2.45, 2.75) is 6.92 Å². The van der Waals surface area contributed by atoms with E-state index < -0.39 is 11.9 Å². The number of carboxylic acid groups (broad SMARTS) is 1. The minimum Gasteiger partial charge on any atom is -0.495 e. The summed E-state index contributed by atoms with van der Waals surface area (Å²) in [7, 11) is 1.49. The number of aliphatic carboxylic acids is 1. The van der Waals surface area contributed by atoms with E-state index in [0.29, 0.717) is 23.0 Å². The maximum atomic E-state index is 12.2. The minimum atomic E-state index is -0.869. The lowest BCUT2D eigenvalue weighted by Crippen LogP contribution is -2.33. The third-order valence-corrected chi connectivity index (χ3v) is 3.93. The summed E-state index contributed by atoms with van der Waals surface area (Å²) < 4.78 is 5.08. The van der Waals surface area contributed by atoms with Crippen LogP contribution in [0.25, 0.3) is 0 Å². The number of benzene rings is 1. The van der Waals surface area contributed by atoms with Crippen LogP contribution >= 0.6 is 11.6 Å². The predicted molar refractivity (Wildman–Crippen MR) is 78.9 cm³/mol. The number of anilines is 1. The fourth-order valence-electron chi connectivity index (χ4n) is 2.39. The van der Waals surface area contributed by atoms with Gasteiger partial charge in [-0.1, -0.05) is 18.5 Å². The molecule has 6 nitrogen and oxygen atoms in total. The van der Waals surface area contributed by atoms with Gasteiger partial charge in [0.05, 0.1) is 18.1 Å². The molecule has 1 fully saturated rings. The molecule has 0 unspecified atom stereocenters. The second-order valence-electron chi connectivity index (χ2n) is 5.11. The van der Waals surface area contributed by atoms with Gasteiger partial charge in [0.1, 0.15) is 5.75 Å². The van der Waals surface area contributed by atoms with Crippen LogP contribution in [0.5, 0.6) is 5.75 Å². The highest BCUT2D eigenvalue weighted by Gasteiger charge is 2.36. The molecule has 2 amide bonds. The standard InChI is InChI=1S/C14H17ClN2O4/c1-8-6-17(7-10(8)13(18)19)14(20)16-9-3-4-11(15)12(5-9)21-2/h3-5,8,10H,6-7H2,1-2H3,(H,16,20)(H,18,19)/t8-,10-/m1/s1. The van der Waals surface area contributed by atoms with Crippen molar-refractivity contribution in [3.63, 3.8) is 0 Å². The highest BCUT2D eigenvalue weighted by atomic mass is 35.5. The van der Waals surface area contributed by atoms with E-state index in [1.807, 2.05) is 6.92 Å². The van der Waals surface area contributed by atoms with Crippen molar-refractivity contribution in [1.82, 2.24) is 4.90 Å². The van der Waals surface area contributed by atoms with E-state index in [-0.39, 0.29) is 18.5 Å². The molecule has 0 bridgehead atoms. The molecule has 0 aliphatic carbocycles. The number of nitrogens with zero attached hydrogens (tertiary/aromatic N) is 1. The fraction of sp³-hybridized carbons (Fsp3) is 0.429. The monoisotopic (exact) mass is 312 g/mol. The number of amides is 2. The highest BCUT2D eigenvalue weighted by Crippen LogP contribution is 2.28. The van der Waals surface area contributed by atoms with Gasteiger partial charge in [0, 0.05) is 24.8 Å². The van der Waals surface area contributed by atoms with E-state index in [2.05, 4.69) is 5.32 Å². The van der Waals surface area contributed by atoms with Crippen molar-refractivity contribution < 1.29 is 19.4 Å². The third-order valence-electron chi connectivity index (χ3n) is 3.62. The quantitative estimate of drug-likeness (QED) is 0.899. The van der Waals surface area contributed by atoms with Crippen LogP contribution in [-0.2, 0) is 4.79 Å². The number of methoxy groups -OCH3 is 1. The average molecular weight is 313 g/mol. The average Bonchev–Trinajstić information content (AvgIpc) is 2.83. The molecule has 0 radical (unpaired) electrons. The molecular formula is C14H17ClN2O4. The van der Waals surface area contributed by atoms with Crippen LogP contribution in [0.15, 0.2) is 18.2 Å². The Morgan fingerprint density at radius 1 is 1.43 bits per heavy atom. The van der Waals surface area contributed by atoms with Crippen LogP contribution in [0.2, 0.25) is 5.02 Å². The van der Waals surface area contributed by atoms with E-state index in [9.17, 15) is 9.59 Å². The molecule has 1 aliphatic heterocycles. The summed E-state index contributed by atoms with van der Waals surface area (Å²) in [5.41, 5.74) is 0.549. The molecule has 0 saturated carbocycles. The second kappa shape index (κ2) is 6.22. The molecule has 0 spiro atoms. The zero-order valence-corrected chi connectivity index (χ0v) is 12.6. The summed E-state index contributed by atoms with van der Waals surface area (Å²) in [5.74, 6) is -0.984. The molecule has 1 aromatic carbocycles. The van der Waals surface area contributed by atoms with Gasteiger partial charge in [-0.25, -0.2) is 4.79 Å². The summed E-state index contributed by atoms with van der Waals surface area (Å²) in [4.78, 5) is 24.7. The van der Waals surface area contributed by atoms with Gasteiger partial charge in [-0.15, -0.1) is 0 Å². The SMILES string of the molecule is COc1cc(NC(=O)N2C[C@@H](C)[C@H](C(=O)O)C2)ccc1Cl. The van der Waals surface area contributed by atoms with Crippen molar-refractivity contribution in [1.29, 1.82) is 0 Å². The molecule has 114 valence electrons. The van der Waals surface area contributed by atoms with Crippen molar-refractivity contribution in [2.75, 3.05) is 25.5 Å². The molecule has 1 aliphatic rings. The number of likely N-dealkylation sites (tertiary alicyclic amines) is 1. The zero-order valence-electron chi connectivity index (χ0n) is 11.8. The summed E-state index contributed by atoms with van der Waals surface area (Å²) in [6, 6.07) is 4.59. The summed E-state index contributed by atoms with van der Waals surface area (Å²) in [6.45, 7) is 2.47. The van der Waals surface area contributed by atoms with Crippen molar-refractivity contribution in [3.05, 3.63) is 23.2 Å². The summed E-state index contributed by atoms with van der Waals surface area (Å²) >= 11 is 5.92. The largest absolute Gasteiger partial charge is 0.495 e. The minimum absolute atomic E-state index is 0.0620. The molecule has 1 heterocycles. The first-order valence-electron chi connectivity index (χ1n) is 6.54. The van der Waals surface area contributed by atoms with Gasteiger partial charge in [-0.3, -0.25) is 4.79 Å². The van der Waals surface area contributed by atoms with Crippen LogP contribution < -0.4 is 10.1 Å². The van der Waals surface area contributed by atoms with Crippen LogP contribution in [0.4, 0.5) is 10.5 Å². The molecule has 1 aromatic rings. The van der Waals surface area contributed by atoms with Gasteiger partial charge in [0.25, 0.3) is 0 Å². The number of carboxylic acids is 1. The number of hydrogen-bond acceptors (Lipinski definition) is 3. The van der Waals surface area contributed by atoms with E-state index in [1.165, 1.54) is 12.0 Å². The topological polar surface area (TPSA) is 78.9 Å². The lowest BCUT2D eigenvalue weighted by Gasteiger charge is -2.17. The van der Waals surface area contributed by atoms with Crippen LogP contribution in [-0.4, -0.2) is 42.2 Å². The predicted octanol–water partition coefficient (Wildman–Crippen LogP) is 2.53. The Balaban J connectivity index is 2.04. The first-order chi connectivity index (χ1) is 9.92. The normalized spacial score (nSPS) is 21.2. The molecule has 1 saturated heterocycles. The molecule has 2 atom stereocenters. The molecule has 2 N–H and O–H groups in total. The second-order valence-corrected chi connectivity index (χ2v) is 5.51. The van der Waals surface area contributed by atoms with Gasteiger partial charge < -0.3 is 20.1 Å². The Hall–Kier alpha value is -1.95. The first kappa shape index (κ1) is 15.4. The zero-order chi connectivity index (χ0) is 15.6. The van der Waals surface area contributed by atoms with E-state index in [0.717, 1.165) is 0 Å². The van der Waals surface area contributed by atoms with Crippen molar-refractivity contribution >= 4 is 29.3 Å². The summed E-state index contributed by atoms with van der Waals surface area (Å²) in [6.07, 6.45) is 0. The number of ether oxygens (including phenoxy) is 1. The Morgan fingerprint density at radius 3 is 2.71 bits per heavy atom. The van der Waals surface area contributed by atoms with E-state index >= 15 is 0 Å². The van der Waals surface area contributed by atoms with Gasteiger partial charge in [-0.2, -0.15) is 0 Å². The number of halogens is 1. The van der Waals surface area contributed by atoms with Gasteiger partial charge in [-0.05, 0) is 18.1 Å². The highest BCUT2D eigenvalue weighted by molar-refractivity contribution is 6.32. The number of carbonyl (C=O) groups excluding carboxylic acids is 1. The number of rotatable bonds is 3. The third kappa shape index (κ3) is 3.39. The van der Waals surface area contributed by atoms with Crippen LogP contribution in [0.3, 0.4) is 0 Å². The van der Waals surface area contributed by atoms with Crippen molar-refractivity contribution in [3.8, 4) is 5.75 Å². The molecule has 2 rings (SSSR count). The lowest BCUT2D eigenvalue weighted by molar-refractivity contribution is -0.142. The molecular weight excluding hydrogens is 296 g/mol. The Kier molecular flexibility index (Phi) is 4.57. The van der Waals surface area contributed by atoms with E-state index in [1.54, 1.807) is 18.2 Å². The molecule has 0 aromatic heterocycles. The maximum Gasteiger partial charge on any atom is 0.321 e. The smallest absolute Gasteiger partial charge is 0.321 e. The molecule has 21 heavy (non-hydrogen) atoms. The fourth-order valence-corrected chi connectivity index (χ4v) is 2.59. The first-order valence-corrected chi connectivity index (χ1v) is 6.92. The number of hydrogen-bond donors (Lipinski definition) is 2.